The van der Waals surface area contributed by atoms with Gasteiger partial charge in [0.05, 0.1) is 7.11 Å². The van der Waals surface area contributed by atoms with Crippen molar-refractivity contribution in [2.45, 2.75) is 12.8 Å². The average molecular weight is 199 g/mol. The highest BCUT2D eigenvalue weighted by Crippen LogP contribution is 2.29. The average Bonchev–Trinajstić information content (AvgIpc) is 2.20. The van der Waals surface area contributed by atoms with Crippen LogP contribution in [0.1, 0.15) is 12.0 Å². The fourth-order valence-corrected chi connectivity index (χ4v) is 1.24. The number of rotatable bonds is 4. The molecule has 0 aliphatic rings. The Kier molecular flexibility index (Phi) is 3.71. The van der Waals surface area contributed by atoms with Gasteiger partial charge in [0.15, 0.2) is 11.5 Å². The molecule has 0 saturated carbocycles. The molecule has 0 atom stereocenters. The predicted molar refractivity (Wildman–Crippen MR) is 52.0 cm³/mol. The van der Waals surface area contributed by atoms with E-state index in [9.17, 15) is 9.50 Å². The second-order valence-electron chi connectivity index (χ2n) is 2.98. The fourth-order valence-electron chi connectivity index (χ4n) is 1.24. The molecule has 3 N–H and O–H groups in total. The molecule has 0 aromatic heterocycles. The Labute approximate surface area is 82.3 Å². The first-order valence-electron chi connectivity index (χ1n) is 4.45. The van der Waals surface area contributed by atoms with Gasteiger partial charge in [0.25, 0.3) is 0 Å². The molecule has 4 heteroatoms. The van der Waals surface area contributed by atoms with E-state index in [1.165, 1.54) is 13.2 Å². The van der Waals surface area contributed by atoms with E-state index in [0.29, 0.717) is 18.5 Å². The molecule has 0 spiro atoms. The minimum atomic E-state index is -0.706. The molecule has 3 nitrogen and oxygen atoms in total. The molecule has 0 bridgehead atoms. The van der Waals surface area contributed by atoms with Crippen molar-refractivity contribution in [3.05, 3.63) is 23.5 Å². The summed E-state index contributed by atoms with van der Waals surface area (Å²) in [7, 11) is 1.36. The summed E-state index contributed by atoms with van der Waals surface area (Å²) in [6, 6.07) is 3.15. The van der Waals surface area contributed by atoms with Crippen molar-refractivity contribution in [3.8, 4) is 11.5 Å². The molecule has 1 aromatic rings. The highest BCUT2D eigenvalue weighted by molar-refractivity contribution is 5.41. The van der Waals surface area contributed by atoms with E-state index in [-0.39, 0.29) is 11.5 Å². The Hall–Kier alpha value is -1.29. The van der Waals surface area contributed by atoms with Gasteiger partial charge in [-0.2, -0.15) is 4.39 Å². The van der Waals surface area contributed by atoms with Crippen molar-refractivity contribution >= 4 is 0 Å². The quantitative estimate of drug-likeness (QED) is 0.771. The Morgan fingerprint density at radius 1 is 1.50 bits per heavy atom. The zero-order chi connectivity index (χ0) is 10.6. The van der Waals surface area contributed by atoms with Gasteiger partial charge in [-0.05, 0) is 31.0 Å². The molecule has 0 fully saturated rings. The Morgan fingerprint density at radius 3 is 2.79 bits per heavy atom. The summed E-state index contributed by atoms with van der Waals surface area (Å²) in [5.74, 6) is -0.987. The third-order valence-corrected chi connectivity index (χ3v) is 2.03. The second-order valence-corrected chi connectivity index (χ2v) is 2.98. The van der Waals surface area contributed by atoms with E-state index < -0.39 is 5.82 Å². The summed E-state index contributed by atoms with van der Waals surface area (Å²) < 4.78 is 18.0. The number of hydrogen-bond donors (Lipinski definition) is 2. The zero-order valence-electron chi connectivity index (χ0n) is 8.09. The molecule has 1 aromatic carbocycles. The Balaban J connectivity index is 2.92. The van der Waals surface area contributed by atoms with Crippen molar-refractivity contribution in [1.29, 1.82) is 0 Å². The molecule has 0 aliphatic carbocycles. The van der Waals surface area contributed by atoms with Crippen LogP contribution in [0.3, 0.4) is 0 Å². The summed E-state index contributed by atoms with van der Waals surface area (Å²) in [5, 5.41) is 9.44. The minimum Gasteiger partial charge on any atom is -0.505 e. The van der Waals surface area contributed by atoms with Gasteiger partial charge in [0.1, 0.15) is 0 Å². The number of aromatic hydroxyl groups is 1. The van der Waals surface area contributed by atoms with Crippen LogP contribution < -0.4 is 10.5 Å². The number of ether oxygens (including phenoxy) is 1. The molecule has 14 heavy (non-hydrogen) atoms. The topological polar surface area (TPSA) is 55.5 Å². The van der Waals surface area contributed by atoms with Crippen molar-refractivity contribution in [3.63, 3.8) is 0 Å². The van der Waals surface area contributed by atoms with Crippen LogP contribution in [0, 0.1) is 5.82 Å². The monoisotopic (exact) mass is 199 g/mol. The van der Waals surface area contributed by atoms with Gasteiger partial charge in [-0.1, -0.05) is 6.07 Å². The largest absolute Gasteiger partial charge is 0.505 e. The van der Waals surface area contributed by atoms with Crippen molar-refractivity contribution in [2.24, 2.45) is 5.73 Å². The molecule has 78 valence electrons. The maximum atomic E-state index is 13.3. The highest BCUT2D eigenvalue weighted by Gasteiger charge is 2.11. The van der Waals surface area contributed by atoms with E-state index >= 15 is 0 Å². The number of phenols is 1. The second kappa shape index (κ2) is 4.81. The molecular formula is C10H14FNO2. The van der Waals surface area contributed by atoms with Crippen LogP contribution in [0.4, 0.5) is 4.39 Å². The van der Waals surface area contributed by atoms with E-state index in [2.05, 4.69) is 0 Å². The van der Waals surface area contributed by atoms with Gasteiger partial charge >= 0.3 is 0 Å². The number of halogens is 1. The van der Waals surface area contributed by atoms with Crippen molar-refractivity contribution in [1.82, 2.24) is 0 Å². The van der Waals surface area contributed by atoms with Gasteiger partial charge in [0.2, 0.25) is 5.82 Å². The molecule has 0 radical (unpaired) electrons. The maximum absolute atomic E-state index is 13.3. The van der Waals surface area contributed by atoms with Crippen LogP contribution in [0.5, 0.6) is 11.5 Å². The first kappa shape index (κ1) is 10.8. The molecule has 1 rings (SSSR count). The summed E-state index contributed by atoms with van der Waals surface area (Å²) >= 11 is 0. The number of benzene rings is 1. The van der Waals surface area contributed by atoms with E-state index in [0.717, 1.165) is 6.42 Å². The number of nitrogens with two attached hydrogens (primary N) is 1. The lowest BCUT2D eigenvalue weighted by Crippen LogP contribution is -2.01. The van der Waals surface area contributed by atoms with Crippen LogP contribution in [-0.2, 0) is 6.42 Å². The number of methoxy groups -OCH3 is 1. The molecule has 0 saturated heterocycles. The fraction of sp³-hybridized carbons (Fsp3) is 0.400. The normalized spacial score (nSPS) is 10.2. The molecular weight excluding hydrogens is 185 g/mol. The zero-order valence-corrected chi connectivity index (χ0v) is 8.09. The number of aryl methyl sites for hydroxylation is 1. The van der Waals surface area contributed by atoms with E-state index in [4.69, 9.17) is 10.5 Å². The van der Waals surface area contributed by atoms with Crippen LogP contribution >= 0.6 is 0 Å². The molecule has 0 aliphatic heterocycles. The number of hydrogen-bond acceptors (Lipinski definition) is 3. The lowest BCUT2D eigenvalue weighted by molar-refractivity contribution is 0.362. The summed E-state index contributed by atoms with van der Waals surface area (Å²) in [5.41, 5.74) is 5.88. The first-order chi connectivity index (χ1) is 6.70. The standard InChI is InChI=1S/C10H14FNO2/c1-14-8-5-4-7(3-2-6-12)10(13)9(8)11/h4-5,13H,2-3,6,12H2,1H3. The summed E-state index contributed by atoms with van der Waals surface area (Å²) in [4.78, 5) is 0. The van der Waals surface area contributed by atoms with Crippen LogP contribution in [0.15, 0.2) is 12.1 Å². The van der Waals surface area contributed by atoms with E-state index in [1.54, 1.807) is 6.07 Å². The summed E-state index contributed by atoms with van der Waals surface area (Å²) in [6.07, 6.45) is 1.29. The van der Waals surface area contributed by atoms with Gasteiger partial charge < -0.3 is 15.6 Å². The third kappa shape index (κ3) is 2.14. The van der Waals surface area contributed by atoms with Gasteiger partial charge in [0, 0.05) is 0 Å². The van der Waals surface area contributed by atoms with Crippen LogP contribution in [0.2, 0.25) is 0 Å². The Bertz CT molecular complexity index is 315. The van der Waals surface area contributed by atoms with Crippen LogP contribution in [0.25, 0.3) is 0 Å². The minimum absolute atomic E-state index is 0.0546. The van der Waals surface area contributed by atoms with Crippen molar-refractivity contribution < 1.29 is 14.2 Å². The third-order valence-electron chi connectivity index (χ3n) is 2.03. The van der Waals surface area contributed by atoms with Gasteiger partial charge in [-0.25, -0.2) is 0 Å². The lowest BCUT2D eigenvalue weighted by atomic mass is 10.1. The molecule has 0 unspecified atom stereocenters. The SMILES string of the molecule is COc1ccc(CCCN)c(O)c1F. The first-order valence-corrected chi connectivity index (χ1v) is 4.45. The van der Waals surface area contributed by atoms with Crippen molar-refractivity contribution in [2.75, 3.05) is 13.7 Å². The smallest absolute Gasteiger partial charge is 0.206 e. The Morgan fingerprint density at radius 2 is 2.21 bits per heavy atom. The van der Waals surface area contributed by atoms with Gasteiger partial charge in [-0.3, -0.25) is 0 Å². The molecule has 0 heterocycles. The van der Waals surface area contributed by atoms with Gasteiger partial charge in [-0.15, -0.1) is 0 Å². The van der Waals surface area contributed by atoms with E-state index in [1.807, 2.05) is 0 Å². The highest BCUT2D eigenvalue weighted by atomic mass is 19.1. The van der Waals surface area contributed by atoms with Crippen LogP contribution in [-0.4, -0.2) is 18.8 Å². The molecule has 0 amide bonds. The predicted octanol–water partition coefficient (Wildman–Crippen LogP) is 1.43. The summed E-state index contributed by atoms with van der Waals surface area (Å²) in [6.45, 7) is 0.521. The number of phenolic OH excluding ortho intramolecular Hbond substituents is 1. The maximum Gasteiger partial charge on any atom is 0.206 e. The lowest BCUT2D eigenvalue weighted by Gasteiger charge is -2.07.